The molecular formula is C13H21N3OS. The van der Waals surface area contributed by atoms with Gasteiger partial charge in [0.2, 0.25) is 5.91 Å². The van der Waals surface area contributed by atoms with Gasteiger partial charge >= 0.3 is 0 Å². The molecule has 0 saturated heterocycles. The quantitative estimate of drug-likeness (QED) is 0.563. The van der Waals surface area contributed by atoms with Gasteiger partial charge in [-0.2, -0.15) is 0 Å². The number of carbonyl (C=O) groups excluding carboxylic acids is 1. The summed E-state index contributed by atoms with van der Waals surface area (Å²) in [6, 6.07) is 1.77. The van der Waals surface area contributed by atoms with Gasteiger partial charge in [0.25, 0.3) is 0 Å². The predicted molar refractivity (Wildman–Crippen MR) is 74.5 cm³/mol. The first kappa shape index (κ1) is 15.0. The zero-order chi connectivity index (χ0) is 13.4. The number of hydrogen-bond acceptors (Lipinski definition) is 4. The van der Waals surface area contributed by atoms with E-state index in [0.29, 0.717) is 5.16 Å². The van der Waals surface area contributed by atoms with Crippen LogP contribution in [0.5, 0.6) is 0 Å². The van der Waals surface area contributed by atoms with Crippen LogP contribution in [0.1, 0.15) is 33.6 Å². The second-order valence-electron chi connectivity index (χ2n) is 4.12. The third-order valence-electron chi connectivity index (χ3n) is 2.47. The van der Waals surface area contributed by atoms with Crippen molar-refractivity contribution < 1.29 is 4.79 Å². The first-order valence-electron chi connectivity index (χ1n) is 6.41. The van der Waals surface area contributed by atoms with E-state index in [4.69, 9.17) is 0 Å². The molecule has 0 bridgehead atoms. The summed E-state index contributed by atoms with van der Waals surface area (Å²) in [6.07, 6.45) is 5.38. The molecule has 0 radical (unpaired) electrons. The molecule has 0 aromatic carbocycles. The minimum absolute atomic E-state index is 0.134. The van der Waals surface area contributed by atoms with E-state index >= 15 is 0 Å². The van der Waals surface area contributed by atoms with Crippen molar-refractivity contribution in [2.24, 2.45) is 0 Å². The molecule has 0 N–H and O–H groups in total. The van der Waals surface area contributed by atoms with Gasteiger partial charge in [-0.1, -0.05) is 25.6 Å². The molecule has 0 aliphatic rings. The Morgan fingerprint density at radius 2 is 1.83 bits per heavy atom. The Balaban J connectivity index is 2.58. The van der Waals surface area contributed by atoms with E-state index in [2.05, 4.69) is 23.8 Å². The van der Waals surface area contributed by atoms with Crippen molar-refractivity contribution in [1.29, 1.82) is 0 Å². The van der Waals surface area contributed by atoms with Crippen LogP contribution < -0.4 is 0 Å². The van der Waals surface area contributed by atoms with Gasteiger partial charge in [0, 0.05) is 25.5 Å². The van der Waals surface area contributed by atoms with Gasteiger partial charge in [-0.05, 0) is 25.8 Å². The Morgan fingerprint density at radius 1 is 1.28 bits per heavy atom. The first-order valence-corrected chi connectivity index (χ1v) is 7.29. The SMILES string of the molecule is CCCN(CCC)C(=O)C(C)Sc1ncccn1. The molecule has 18 heavy (non-hydrogen) atoms. The lowest BCUT2D eigenvalue weighted by Gasteiger charge is -2.24. The summed E-state index contributed by atoms with van der Waals surface area (Å²) in [6.45, 7) is 7.75. The lowest BCUT2D eigenvalue weighted by Crippen LogP contribution is -2.37. The van der Waals surface area contributed by atoms with Gasteiger partial charge < -0.3 is 4.90 Å². The number of aromatic nitrogens is 2. The highest BCUT2D eigenvalue weighted by Crippen LogP contribution is 2.20. The molecule has 1 unspecified atom stereocenters. The summed E-state index contributed by atoms with van der Waals surface area (Å²) in [4.78, 5) is 22.5. The number of rotatable bonds is 7. The first-order chi connectivity index (χ1) is 8.69. The van der Waals surface area contributed by atoms with Crippen LogP contribution in [0.4, 0.5) is 0 Å². The molecule has 5 heteroatoms. The second kappa shape index (κ2) is 8.08. The number of hydrogen-bond donors (Lipinski definition) is 0. The highest BCUT2D eigenvalue weighted by atomic mass is 32.2. The summed E-state index contributed by atoms with van der Waals surface area (Å²) in [5.74, 6) is 0.177. The van der Waals surface area contributed by atoms with Crippen molar-refractivity contribution in [1.82, 2.24) is 14.9 Å². The Kier molecular flexibility index (Phi) is 6.72. The molecule has 0 fully saturated rings. The van der Waals surface area contributed by atoms with Crippen molar-refractivity contribution in [3.63, 3.8) is 0 Å². The predicted octanol–water partition coefficient (Wildman–Crippen LogP) is 2.61. The Hall–Kier alpha value is -1.10. The van der Waals surface area contributed by atoms with Gasteiger partial charge in [0.1, 0.15) is 0 Å². The monoisotopic (exact) mass is 267 g/mol. The molecule has 100 valence electrons. The average Bonchev–Trinajstić information content (AvgIpc) is 2.39. The van der Waals surface area contributed by atoms with Crippen molar-refractivity contribution in [3.8, 4) is 0 Å². The molecule has 4 nitrogen and oxygen atoms in total. The Bertz CT molecular complexity index is 353. The largest absolute Gasteiger partial charge is 0.342 e. The zero-order valence-corrected chi connectivity index (χ0v) is 12.1. The van der Waals surface area contributed by atoms with Gasteiger partial charge in [-0.25, -0.2) is 9.97 Å². The summed E-state index contributed by atoms with van der Waals surface area (Å²) in [5, 5.41) is 0.525. The lowest BCUT2D eigenvalue weighted by molar-refractivity contribution is -0.130. The van der Waals surface area contributed by atoms with Gasteiger partial charge in [-0.15, -0.1) is 0 Å². The van der Waals surface area contributed by atoms with Crippen LogP contribution in [0.3, 0.4) is 0 Å². The fraction of sp³-hybridized carbons (Fsp3) is 0.615. The molecule has 1 aromatic heterocycles. The van der Waals surface area contributed by atoms with Crippen molar-refractivity contribution in [2.75, 3.05) is 13.1 Å². The third-order valence-corrected chi connectivity index (χ3v) is 3.45. The fourth-order valence-corrected chi connectivity index (χ4v) is 2.49. The Labute approximate surface area is 113 Å². The van der Waals surface area contributed by atoms with E-state index in [9.17, 15) is 4.79 Å². The van der Waals surface area contributed by atoms with Gasteiger partial charge in [-0.3, -0.25) is 4.79 Å². The van der Waals surface area contributed by atoms with Crippen LogP contribution in [0, 0.1) is 0 Å². The standard InChI is InChI=1S/C13H21N3OS/c1-4-9-16(10-5-2)12(17)11(3)18-13-14-7-6-8-15-13/h6-8,11H,4-5,9-10H2,1-3H3. The molecule has 0 saturated carbocycles. The third kappa shape index (κ3) is 4.64. The molecule has 0 aliphatic carbocycles. The zero-order valence-electron chi connectivity index (χ0n) is 11.3. The van der Waals surface area contributed by atoms with E-state index in [-0.39, 0.29) is 11.2 Å². The van der Waals surface area contributed by atoms with Crippen LogP contribution >= 0.6 is 11.8 Å². The Morgan fingerprint density at radius 3 is 2.33 bits per heavy atom. The van der Waals surface area contributed by atoms with E-state index in [1.165, 1.54) is 11.8 Å². The molecular weight excluding hydrogens is 246 g/mol. The van der Waals surface area contributed by atoms with Crippen LogP contribution in [0.15, 0.2) is 23.6 Å². The maximum Gasteiger partial charge on any atom is 0.235 e. The smallest absolute Gasteiger partial charge is 0.235 e. The second-order valence-corrected chi connectivity index (χ2v) is 5.42. The highest BCUT2D eigenvalue weighted by molar-refractivity contribution is 8.00. The number of thioether (sulfide) groups is 1. The van der Waals surface area contributed by atoms with E-state index in [0.717, 1.165) is 25.9 Å². The summed E-state index contributed by atoms with van der Waals surface area (Å²) in [7, 11) is 0. The summed E-state index contributed by atoms with van der Waals surface area (Å²) < 4.78 is 0. The lowest BCUT2D eigenvalue weighted by atomic mass is 10.3. The van der Waals surface area contributed by atoms with Gasteiger partial charge in [0.15, 0.2) is 5.16 Å². The highest BCUT2D eigenvalue weighted by Gasteiger charge is 2.21. The molecule has 1 aromatic rings. The maximum absolute atomic E-state index is 12.3. The van der Waals surface area contributed by atoms with Crippen LogP contribution in [-0.2, 0) is 4.79 Å². The molecule has 1 rings (SSSR count). The summed E-state index contributed by atoms with van der Waals surface area (Å²) >= 11 is 1.42. The molecule has 1 heterocycles. The van der Waals surface area contributed by atoms with Crippen molar-refractivity contribution in [2.45, 2.75) is 44.0 Å². The summed E-state index contributed by atoms with van der Waals surface area (Å²) in [5.41, 5.74) is 0. The van der Waals surface area contributed by atoms with Gasteiger partial charge in [0.05, 0.1) is 5.25 Å². The molecule has 1 amide bonds. The number of amides is 1. The van der Waals surface area contributed by atoms with Crippen molar-refractivity contribution >= 4 is 17.7 Å². The van der Waals surface area contributed by atoms with Crippen molar-refractivity contribution in [3.05, 3.63) is 18.5 Å². The van der Waals surface area contributed by atoms with Crippen LogP contribution in [-0.4, -0.2) is 39.1 Å². The van der Waals surface area contributed by atoms with Crippen LogP contribution in [0.2, 0.25) is 0 Å². The molecule has 1 atom stereocenters. The fourth-order valence-electron chi connectivity index (χ4n) is 1.68. The molecule has 0 spiro atoms. The average molecular weight is 267 g/mol. The van der Waals surface area contributed by atoms with Crippen LogP contribution in [0.25, 0.3) is 0 Å². The number of carbonyl (C=O) groups is 1. The minimum Gasteiger partial charge on any atom is -0.342 e. The maximum atomic E-state index is 12.3. The number of nitrogens with zero attached hydrogens (tertiary/aromatic N) is 3. The van der Waals surface area contributed by atoms with E-state index in [1.807, 2.05) is 11.8 Å². The molecule has 0 aliphatic heterocycles. The minimum atomic E-state index is -0.134. The topological polar surface area (TPSA) is 46.1 Å². The normalized spacial score (nSPS) is 12.2. The van der Waals surface area contributed by atoms with E-state index < -0.39 is 0 Å². The van der Waals surface area contributed by atoms with E-state index in [1.54, 1.807) is 18.5 Å².